The van der Waals surface area contributed by atoms with E-state index in [0.29, 0.717) is 21.5 Å². The molecule has 0 aliphatic rings. The molecule has 1 amide bonds. The number of benzene rings is 2. The molecule has 1 heterocycles. The van der Waals surface area contributed by atoms with Crippen LogP contribution in [0.25, 0.3) is 11.4 Å². The molecule has 0 saturated heterocycles. The van der Waals surface area contributed by atoms with Crippen molar-refractivity contribution in [3.05, 3.63) is 64.9 Å². The van der Waals surface area contributed by atoms with Crippen LogP contribution >= 0.6 is 23.1 Å². The van der Waals surface area contributed by atoms with E-state index in [-0.39, 0.29) is 18.1 Å². The van der Waals surface area contributed by atoms with Gasteiger partial charge in [-0.05, 0) is 42.0 Å². The van der Waals surface area contributed by atoms with E-state index >= 15 is 0 Å². The summed E-state index contributed by atoms with van der Waals surface area (Å²) >= 11 is 6.97. The lowest BCUT2D eigenvalue weighted by atomic mass is 10.1. The largest absolute Gasteiger partial charge is 0.300 e. The van der Waals surface area contributed by atoms with Gasteiger partial charge in [-0.15, -0.1) is 0 Å². The topological polar surface area (TPSA) is 54.9 Å². The number of rotatable bonds is 4. The Hall–Kier alpha value is -2.31. The van der Waals surface area contributed by atoms with E-state index in [4.69, 9.17) is 11.6 Å². The van der Waals surface area contributed by atoms with Crippen LogP contribution in [-0.4, -0.2) is 15.3 Å². The molecule has 0 spiro atoms. The summed E-state index contributed by atoms with van der Waals surface area (Å²) < 4.78 is 17.1. The van der Waals surface area contributed by atoms with Crippen LogP contribution in [0.2, 0.25) is 5.02 Å². The summed E-state index contributed by atoms with van der Waals surface area (Å²) in [5, 5.41) is 3.69. The van der Waals surface area contributed by atoms with Gasteiger partial charge in [0.25, 0.3) is 0 Å². The van der Waals surface area contributed by atoms with E-state index in [2.05, 4.69) is 14.7 Å². The van der Waals surface area contributed by atoms with Crippen molar-refractivity contribution >= 4 is 34.2 Å². The van der Waals surface area contributed by atoms with Gasteiger partial charge in [0.2, 0.25) is 11.0 Å². The predicted molar refractivity (Wildman–Crippen MR) is 89.1 cm³/mol. The minimum Gasteiger partial charge on any atom is -0.300 e. The number of anilines is 1. The molecule has 3 rings (SSSR count). The number of nitrogens with one attached hydrogen (secondary N) is 1. The molecule has 23 heavy (non-hydrogen) atoms. The molecule has 0 aliphatic heterocycles. The quantitative estimate of drug-likeness (QED) is 0.770. The maximum Gasteiger partial charge on any atom is 0.230 e. The molecule has 0 aliphatic carbocycles. The normalized spacial score (nSPS) is 10.5. The Morgan fingerprint density at radius 1 is 1.22 bits per heavy atom. The summed E-state index contributed by atoms with van der Waals surface area (Å²) in [6, 6.07) is 13.0. The van der Waals surface area contributed by atoms with Crippen LogP contribution in [0.15, 0.2) is 48.5 Å². The van der Waals surface area contributed by atoms with E-state index < -0.39 is 0 Å². The maximum atomic E-state index is 12.9. The molecule has 0 saturated carbocycles. The Morgan fingerprint density at radius 3 is 2.74 bits per heavy atom. The third-order valence-electron chi connectivity index (χ3n) is 3.03. The lowest BCUT2D eigenvalue weighted by Gasteiger charge is -2.02. The van der Waals surface area contributed by atoms with E-state index in [1.807, 2.05) is 6.07 Å². The first-order valence-electron chi connectivity index (χ1n) is 6.74. The Kier molecular flexibility index (Phi) is 4.64. The van der Waals surface area contributed by atoms with Crippen molar-refractivity contribution in [1.82, 2.24) is 9.36 Å². The molecule has 0 fully saturated rings. The number of amides is 1. The number of halogens is 2. The van der Waals surface area contributed by atoms with Gasteiger partial charge in [-0.2, -0.15) is 9.36 Å². The fraction of sp³-hybridized carbons (Fsp3) is 0.0625. The van der Waals surface area contributed by atoms with Gasteiger partial charge in [-0.1, -0.05) is 23.7 Å². The summed E-state index contributed by atoms with van der Waals surface area (Å²) in [7, 11) is 0. The molecule has 4 nitrogen and oxygen atoms in total. The lowest BCUT2D eigenvalue weighted by Crippen LogP contribution is -2.14. The highest BCUT2D eigenvalue weighted by molar-refractivity contribution is 7.10. The summed E-state index contributed by atoms with van der Waals surface area (Å²) in [5.74, 6) is -0.0684. The first-order valence-corrected chi connectivity index (χ1v) is 7.89. The predicted octanol–water partition coefficient (Wildman–Crippen LogP) is 4.18. The van der Waals surface area contributed by atoms with Crippen molar-refractivity contribution < 1.29 is 9.18 Å². The van der Waals surface area contributed by atoms with Crippen molar-refractivity contribution in [2.24, 2.45) is 0 Å². The number of carbonyl (C=O) groups is 1. The zero-order chi connectivity index (χ0) is 16.2. The zero-order valence-electron chi connectivity index (χ0n) is 11.8. The molecule has 0 radical (unpaired) electrons. The number of nitrogens with zero attached hydrogens (tertiary/aromatic N) is 2. The number of hydrogen-bond donors (Lipinski definition) is 1. The highest BCUT2D eigenvalue weighted by Gasteiger charge is 2.10. The standard InChI is InChI=1S/C16H11ClFN3OS/c17-12-3-1-2-10(8-12)9-14(22)19-16-20-15(21-23-16)11-4-6-13(18)7-5-11/h1-8H,9H2,(H,19,20,21,22). The van der Waals surface area contributed by atoms with Gasteiger partial charge in [0.1, 0.15) is 5.82 Å². The van der Waals surface area contributed by atoms with Gasteiger partial charge in [-0.3, -0.25) is 4.79 Å². The fourth-order valence-electron chi connectivity index (χ4n) is 1.99. The van der Waals surface area contributed by atoms with Crippen LogP contribution in [0, 0.1) is 5.82 Å². The van der Waals surface area contributed by atoms with Gasteiger partial charge in [-0.25, -0.2) is 4.39 Å². The summed E-state index contributed by atoms with van der Waals surface area (Å²) in [4.78, 5) is 16.3. The zero-order valence-corrected chi connectivity index (χ0v) is 13.4. The van der Waals surface area contributed by atoms with Crippen molar-refractivity contribution in [1.29, 1.82) is 0 Å². The van der Waals surface area contributed by atoms with Gasteiger partial charge < -0.3 is 5.32 Å². The Labute approximate surface area is 141 Å². The van der Waals surface area contributed by atoms with Gasteiger partial charge >= 0.3 is 0 Å². The third-order valence-corrected chi connectivity index (χ3v) is 3.89. The van der Waals surface area contributed by atoms with Crippen molar-refractivity contribution in [2.45, 2.75) is 6.42 Å². The summed E-state index contributed by atoms with van der Waals surface area (Å²) in [6.45, 7) is 0. The molecular weight excluding hydrogens is 337 g/mol. The second-order valence-corrected chi connectivity index (χ2v) is 5.97. The molecule has 1 N–H and O–H groups in total. The molecule has 0 atom stereocenters. The highest BCUT2D eigenvalue weighted by Crippen LogP contribution is 2.21. The third kappa shape index (κ3) is 4.12. The van der Waals surface area contributed by atoms with Gasteiger partial charge in [0.15, 0.2) is 5.82 Å². The van der Waals surface area contributed by atoms with Crippen molar-refractivity contribution in [3.8, 4) is 11.4 Å². The van der Waals surface area contributed by atoms with E-state index in [1.54, 1.807) is 30.3 Å². The second kappa shape index (κ2) is 6.85. The average Bonchev–Trinajstić information content (AvgIpc) is 2.96. The van der Waals surface area contributed by atoms with E-state index in [1.165, 1.54) is 12.1 Å². The minimum absolute atomic E-state index is 0.200. The molecule has 7 heteroatoms. The molecule has 1 aromatic heterocycles. The molecule has 2 aromatic carbocycles. The van der Waals surface area contributed by atoms with Crippen LogP contribution in [0.4, 0.5) is 9.52 Å². The van der Waals surface area contributed by atoms with Gasteiger partial charge in [0, 0.05) is 22.1 Å². The second-order valence-electron chi connectivity index (χ2n) is 4.78. The molecule has 0 bridgehead atoms. The Balaban J connectivity index is 1.66. The van der Waals surface area contributed by atoms with Crippen LogP contribution < -0.4 is 5.32 Å². The Morgan fingerprint density at radius 2 is 2.00 bits per heavy atom. The summed E-state index contributed by atoms with van der Waals surface area (Å²) in [5.41, 5.74) is 1.51. The first-order chi connectivity index (χ1) is 11.1. The minimum atomic E-state index is -0.320. The number of carbonyl (C=O) groups excluding carboxylic acids is 1. The first kappa shape index (κ1) is 15.6. The van der Waals surface area contributed by atoms with E-state index in [9.17, 15) is 9.18 Å². The van der Waals surface area contributed by atoms with Crippen LogP contribution in [0.1, 0.15) is 5.56 Å². The highest BCUT2D eigenvalue weighted by atomic mass is 35.5. The monoisotopic (exact) mass is 347 g/mol. The lowest BCUT2D eigenvalue weighted by molar-refractivity contribution is -0.115. The smallest absolute Gasteiger partial charge is 0.230 e. The maximum absolute atomic E-state index is 12.9. The average molecular weight is 348 g/mol. The Bertz CT molecular complexity index is 835. The van der Waals surface area contributed by atoms with Crippen LogP contribution in [0.3, 0.4) is 0 Å². The van der Waals surface area contributed by atoms with Crippen molar-refractivity contribution in [2.75, 3.05) is 5.32 Å². The van der Waals surface area contributed by atoms with Crippen LogP contribution in [0.5, 0.6) is 0 Å². The van der Waals surface area contributed by atoms with E-state index in [0.717, 1.165) is 17.1 Å². The van der Waals surface area contributed by atoms with Crippen molar-refractivity contribution in [3.63, 3.8) is 0 Å². The molecular formula is C16H11ClFN3OS. The number of hydrogen-bond acceptors (Lipinski definition) is 4. The molecule has 3 aromatic rings. The van der Waals surface area contributed by atoms with Gasteiger partial charge in [0.05, 0.1) is 6.42 Å². The molecule has 0 unspecified atom stereocenters. The SMILES string of the molecule is O=C(Cc1cccc(Cl)c1)Nc1nc(-c2ccc(F)cc2)ns1. The van der Waals surface area contributed by atoms with Crippen LogP contribution in [-0.2, 0) is 11.2 Å². The number of aromatic nitrogens is 2. The molecule has 116 valence electrons. The fourth-order valence-corrected chi connectivity index (χ4v) is 2.81. The summed E-state index contributed by atoms with van der Waals surface area (Å²) in [6.07, 6.45) is 0.200.